The van der Waals surface area contributed by atoms with E-state index in [0.717, 1.165) is 26.9 Å². The van der Waals surface area contributed by atoms with Gasteiger partial charge in [-0.3, -0.25) is 0 Å². The van der Waals surface area contributed by atoms with Gasteiger partial charge in [0.05, 0.1) is 23.3 Å². The van der Waals surface area contributed by atoms with Crippen LogP contribution in [0.15, 0.2) is 77.3 Å². The van der Waals surface area contributed by atoms with Gasteiger partial charge in [0.1, 0.15) is 12.4 Å². The van der Waals surface area contributed by atoms with E-state index in [9.17, 15) is 5.26 Å². The van der Waals surface area contributed by atoms with Crippen molar-refractivity contribution in [1.82, 2.24) is 0 Å². The zero-order valence-corrected chi connectivity index (χ0v) is 16.0. The van der Waals surface area contributed by atoms with Crippen LogP contribution in [0.4, 0.5) is 0 Å². The van der Waals surface area contributed by atoms with Gasteiger partial charge in [0, 0.05) is 4.47 Å². The van der Waals surface area contributed by atoms with Crippen LogP contribution >= 0.6 is 15.9 Å². The van der Waals surface area contributed by atoms with Gasteiger partial charge in [0.25, 0.3) is 0 Å². The summed E-state index contributed by atoms with van der Waals surface area (Å²) in [6.45, 7) is 0.497. The van der Waals surface area contributed by atoms with E-state index in [4.69, 9.17) is 10.00 Å². The molecule has 3 nitrogen and oxygen atoms in total. The lowest BCUT2D eigenvalue weighted by Gasteiger charge is -2.07. The first-order valence-corrected chi connectivity index (χ1v) is 9.07. The first-order chi connectivity index (χ1) is 13.2. The minimum Gasteiger partial charge on any atom is -0.489 e. The fraction of sp³-hybridized carbons (Fsp3) is 0.0435. The van der Waals surface area contributed by atoms with Crippen LogP contribution in [0.3, 0.4) is 0 Å². The Bertz CT molecular complexity index is 1020. The van der Waals surface area contributed by atoms with Crippen LogP contribution in [-0.4, -0.2) is 0 Å². The quantitative estimate of drug-likeness (QED) is 0.381. The van der Waals surface area contributed by atoms with Gasteiger partial charge < -0.3 is 4.74 Å². The topological polar surface area (TPSA) is 56.8 Å². The molecule has 3 rings (SSSR count). The lowest BCUT2D eigenvalue weighted by molar-refractivity contribution is 0.306. The van der Waals surface area contributed by atoms with E-state index < -0.39 is 0 Å². The molecule has 3 aromatic carbocycles. The number of ether oxygens (including phenoxy) is 1. The molecule has 0 aliphatic rings. The largest absolute Gasteiger partial charge is 0.489 e. The Balaban J connectivity index is 1.69. The molecule has 0 amide bonds. The molecule has 4 heteroatoms. The van der Waals surface area contributed by atoms with Gasteiger partial charge in [-0.25, -0.2) is 0 Å². The molecule has 0 atom stereocenters. The maximum atomic E-state index is 9.44. The standard InChI is InChI=1S/C23H15BrN2O/c24-22-9-3-19(4-10-22)16-27-23-11-5-17(6-12-23)13-21(15-26)20-7-1-18(14-25)2-8-20/h1-13H,16H2/b21-13+. The zero-order chi connectivity index (χ0) is 19.1. The molecule has 130 valence electrons. The van der Waals surface area contributed by atoms with Gasteiger partial charge in [-0.15, -0.1) is 0 Å². The molecule has 0 radical (unpaired) electrons. The van der Waals surface area contributed by atoms with Crippen molar-refractivity contribution in [3.63, 3.8) is 0 Å². The Morgan fingerprint density at radius 2 is 1.56 bits per heavy atom. The Hall–Kier alpha value is -3.34. The number of hydrogen-bond acceptors (Lipinski definition) is 3. The average molecular weight is 415 g/mol. The summed E-state index contributed by atoms with van der Waals surface area (Å²) in [6, 6.07) is 26.9. The van der Waals surface area contributed by atoms with Crippen LogP contribution in [0, 0.1) is 22.7 Å². The lowest BCUT2D eigenvalue weighted by atomic mass is 10.0. The third-order valence-electron chi connectivity index (χ3n) is 3.96. The molecule has 0 aliphatic carbocycles. The number of halogens is 1. The summed E-state index contributed by atoms with van der Waals surface area (Å²) in [5.41, 5.74) is 3.90. The molecule has 0 aromatic heterocycles. The van der Waals surface area contributed by atoms with E-state index in [-0.39, 0.29) is 0 Å². The predicted molar refractivity (Wildman–Crippen MR) is 110 cm³/mol. The Morgan fingerprint density at radius 3 is 2.15 bits per heavy atom. The molecule has 0 saturated heterocycles. The Labute approximate surface area is 166 Å². The SMILES string of the molecule is N#C/C(=C\c1ccc(OCc2ccc(Br)cc2)cc1)c1ccc(C#N)cc1. The van der Waals surface area contributed by atoms with E-state index in [2.05, 4.69) is 28.1 Å². The van der Waals surface area contributed by atoms with Crippen LogP contribution in [0.5, 0.6) is 5.75 Å². The van der Waals surface area contributed by atoms with Crippen LogP contribution in [0.1, 0.15) is 22.3 Å². The first kappa shape index (κ1) is 18.5. The summed E-state index contributed by atoms with van der Waals surface area (Å²) < 4.78 is 6.84. The minimum atomic E-state index is 0.497. The van der Waals surface area contributed by atoms with Gasteiger partial charge in [0.2, 0.25) is 0 Å². The van der Waals surface area contributed by atoms with Gasteiger partial charge in [0.15, 0.2) is 0 Å². The minimum absolute atomic E-state index is 0.497. The molecule has 0 N–H and O–H groups in total. The summed E-state index contributed by atoms with van der Waals surface area (Å²) in [6.07, 6.45) is 1.82. The molecule has 27 heavy (non-hydrogen) atoms. The van der Waals surface area contributed by atoms with E-state index in [0.29, 0.717) is 17.7 Å². The van der Waals surface area contributed by atoms with Gasteiger partial charge >= 0.3 is 0 Å². The van der Waals surface area contributed by atoms with Gasteiger partial charge in [-0.05, 0) is 59.2 Å². The zero-order valence-electron chi connectivity index (χ0n) is 14.4. The molecule has 0 saturated carbocycles. The average Bonchev–Trinajstić information content (AvgIpc) is 2.72. The molecule has 0 bridgehead atoms. The number of nitrogens with zero attached hydrogens (tertiary/aromatic N) is 2. The smallest absolute Gasteiger partial charge is 0.119 e. The van der Waals surface area contributed by atoms with Crippen molar-refractivity contribution >= 4 is 27.6 Å². The highest BCUT2D eigenvalue weighted by molar-refractivity contribution is 9.10. The van der Waals surface area contributed by atoms with Crippen molar-refractivity contribution in [1.29, 1.82) is 10.5 Å². The normalized spacial score (nSPS) is 10.7. The van der Waals surface area contributed by atoms with Gasteiger partial charge in [-0.1, -0.05) is 52.3 Å². The number of benzene rings is 3. The highest BCUT2D eigenvalue weighted by atomic mass is 79.9. The Morgan fingerprint density at radius 1 is 0.889 bits per heavy atom. The Kier molecular flexibility index (Phi) is 6.05. The second-order valence-corrected chi connectivity index (χ2v) is 6.76. The van der Waals surface area contributed by atoms with Crippen molar-refractivity contribution in [2.45, 2.75) is 6.61 Å². The van der Waals surface area contributed by atoms with Crippen LogP contribution in [0.2, 0.25) is 0 Å². The van der Waals surface area contributed by atoms with Gasteiger partial charge in [-0.2, -0.15) is 10.5 Å². The molecule has 0 spiro atoms. The van der Waals surface area contributed by atoms with Crippen LogP contribution < -0.4 is 4.74 Å². The fourth-order valence-electron chi connectivity index (χ4n) is 2.48. The first-order valence-electron chi connectivity index (χ1n) is 8.27. The predicted octanol–water partition coefficient (Wildman–Crippen LogP) is 5.96. The second kappa shape index (κ2) is 8.85. The molecule has 0 heterocycles. The monoisotopic (exact) mass is 414 g/mol. The highest BCUT2D eigenvalue weighted by Crippen LogP contribution is 2.21. The molecular weight excluding hydrogens is 400 g/mol. The van der Waals surface area contributed by atoms with Crippen LogP contribution in [-0.2, 0) is 6.61 Å². The summed E-state index contributed by atoms with van der Waals surface area (Å²) in [4.78, 5) is 0. The molecule has 0 unspecified atom stereocenters. The summed E-state index contributed by atoms with van der Waals surface area (Å²) >= 11 is 3.42. The van der Waals surface area contributed by atoms with E-state index in [1.54, 1.807) is 24.3 Å². The van der Waals surface area contributed by atoms with Crippen LogP contribution in [0.25, 0.3) is 11.6 Å². The molecular formula is C23H15BrN2O. The summed E-state index contributed by atoms with van der Waals surface area (Å²) in [5, 5.41) is 18.3. The molecule has 3 aromatic rings. The third kappa shape index (κ3) is 5.07. The summed E-state index contributed by atoms with van der Waals surface area (Å²) in [5.74, 6) is 0.770. The molecule has 0 fully saturated rings. The number of allylic oxidation sites excluding steroid dienone is 1. The highest BCUT2D eigenvalue weighted by Gasteiger charge is 2.02. The van der Waals surface area contributed by atoms with Crippen molar-refractivity contribution in [2.75, 3.05) is 0 Å². The number of rotatable bonds is 5. The maximum Gasteiger partial charge on any atom is 0.119 e. The van der Waals surface area contributed by atoms with E-state index in [1.165, 1.54) is 0 Å². The third-order valence-corrected chi connectivity index (χ3v) is 4.48. The number of nitriles is 2. The lowest BCUT2D eigenvalue weighted by Crippen LogP contribution is -1.94. The summed E-state index contributed by atoms with van der Waals surface area (Å²) in [7, 11) is 0. The second-order valence-electron chi connectivity index (χ2n) is 5.84. The maximum absolute atomic E-state index is 9.44. The fourth-order valence-corrected chi connectivity index (χ4v) is 2.74. The van der Waals surface area contributed by atoms with E-state index >= 15 is 0 Å². The van der Waals surface area contributed by atoms with E-state index in [1.807, 2.05) is 54.6 Å². The number of hydrogen-bond donors (Lipinski definition) is 0. The van der Waals surface area contributed by atoms with Crippen molar-refractivity contribution in [3.05, 3.63) is 99.5 Å². The van der Waals surface area contributed by atoms with Crippen molar-refractivity contribution < 1.29 is 4.74 Å². The molecule has 0 aliphatic heterocycles. The van der Waals surface area contributed by atoms with Crippen molar-refractivity contribution in [2.24, 2.45) is 0 Å². The van der Waals surface area contributed by atoms with Crippen molar-refractivity contribution in [3.8, 4) is 17.9 Å².